The molecule has 3 aromatic rings. The fourth-order valence-electron chi connectivity index (χ4n) is 3.91. The van der Waals surface area contributed by atoms with Crippen LogP contribution in [-0.2, 0) is 11.3 Å². The molecule has 1 amide bonds. The first-order valence-electron chi connectivity index (χ1n) is 10.7. The van der Waals surface area contributed by atoms with Gasteiger partial charge in [-0.25, -0.2) is 14.2 Å². The zero-order valence-corrected chi connectivity index (χ0v) is 18.3. The molecule has 0 saturated carbocycles. The molecule has 7 heteroatoms. The number of rotatable bonds is 4. The Morgan fingerprint density at radius 1 is 1.19 bits per heavy atom. The van der Waals surface area contributed by atoms with Gasteiger partial charge in [-0.15, -0.1) is 0 Å². The molecule has 2 aromatic carbocycles. The molecule has 31 heavy (non-hydrogen) atoms. The molecule has 1 aliphatic heterocycles. The smallest absolute Gasteiger partial charge is 0.410 e. The van der Waals surface area contributed by atoms with Crippen LogP contribution >= 0.6 is 0 Å². The third kappa shape index (κ3) is 4.98. The number of ether oxygens (including phenoxy) is 1. The molecule has 2 heterocycles. The number of nitrogens with one attached hydrogen (secondary N) is 1. The largest absolute Gasteiger partial charge is 0.444 e. The van der Waals surface area contributed by atoms with E-state index in [1.165, 1.54) is 6.07 Å². The highest BCUT2D eigenvalue weighted by Crippen LogP contribution is 2.24. The van der Waals surface area contributed by atoms with Gasteiger partial charge in [-0.1, -0.05) is 30.3 Å². The maximum absolute atomic E-state index is 14.3. The van der Waals surface area contributed by atoms with Crippen LogP contribution in [0.2, 0.25) is 0 Å². The van der Waals surface area contributed by atoms with Gasteiger partial charge in [0.05, 0.1) is 17.6 Å². The summed E-state index contributed by atoms with van der Waals surface area (Å²) in [6.45, 7) is 7.20. The number of amides is 1. The number of imidazole rings is 1. The van der Waals surface area contributed by atoms with Crippen molar-refractivity contribution < 1.29 is 13.9 Å². The topological polar surface area (TPSA) is 59.4 Å². The summed E-state index contributed by atoms with van der Waals surface area (Å²) in [7, 11) is 0. The summed E-state index contributed by atoms with van der Waals surface area (Å²) in [5, 5.41) is 3.51. The highest BCUT2D eigenvalue weighted by Gasteiger charge is 2.28. The van der Waals surface area contributed by atoms with Crippen LogP contribution in [0.5, 0.6) is 0 Å². The number of hydrogen-bond acceptors (Lipinski definition) is 4. The van der Waals surface area contributed by atoms with E-state index < -0.39 is 5.60 Å². The van der Waals surface area contributed by atoms with Crippen molar-refractivity contribution in [3.8, 4) is 0 Å². The third-order valence-corrected chi connectivity index (χ3v) is 5.35. The molecule has 1 unspecified atom stereocenters. The Morgan fingerprint density at radius 3 is 2.71 bits per heavy atom. The number of carbonyl (C=O) groups is 1. The maximum atomic E-state index is 14.3. The van der Waals surface area contributed by atoms with Gasteiger partial charge in [0, 0.05) is 24.7 Å². The number of likely N-dealkylation sites (tertiary alicyclic amines) is 1. The number of anilines is 1. The van der Waals surface area contributed by atoms with Gasteiger partial charge >= 0.3 is 6.09 Å². The van der Waals surface area contributed by atoms with Gasteiger partial charge in [-0.3, -0.25) is 0 Å². The van der Waals surface area contributed by atoms with E-state index in [0.717, 1.165) is 23.9 Å². The zero-order chi connectivity index (χ0) is 22.0. The van der Waals surface area contributed by atoms with Crippen molar-refractivity contribution >= 4 is 23.1 Å². The summed E-state index contributed by atoms with van der Waals surface area (Å²) in [5.41, 5.74) is 1.87. The lowest BCUT2D eigenvalue weighted by molar-refractivity contribution is 0.0206. The lowest BCUT2D eigenvalue weighted by atomic mass is 10.1. The maximum Gasteiger partial charge on any atom is 0.410 e. The van der Waals surface area contributed by atoms with E-state index in [-0.39, 0.29) is 18.0 Å². The molecule has 4 rings (SSSR count). The van der Waals surface area contributed by atoms with Crippen LogP contribution in [0, 0.1) is 5.82 Å². The van der Waals surface area contributed by atoms with Crippen LogP contribution in [-0.4, -0.2) is 45.3 Å². The summed E-state index contributed by atoms with van der Waals surface area (Å²) in [4.78, 5) is 19.0. The van der Waals surface area contributed by atoms with Crippen molar-refractivity contribution in [3.05, 3.63) is 59.9 Å². The van der Waals surface area contributed by atoms with Crippen molar-refractivity contribution in [1.29, 1.82) is 0 Å². The third-order valence-electron chi connectivity index (χ3n) is 5.35. The summed E-state index contributed by atoms with van der Waals surface area (Å²) < 4.78 is 21.9. The van der Waals surface area contributed by atoms with Crippen molar-refractivity contribution in [3.63, 3.8) is 0 Å². The number of hydrogen-bond donors (Lipinski definition) is 1. The molecule has 1 aliphatic rings. The Bertz CT molecular complexity index is 1070. The predicted molar refractivity (Wildman–Crippen MR) is 120 cm³/mol. The lowest BCUT2D eigenvalue weighted by Gasteiger charge is -2.34. The van der Waals surface area contributed by atoms with E-state index in [1.807, 2.05) is 55.7 Å². The van der Waals surface area contributed by atoms with Crippen molar-refractivity contribution in [1.82, 2.24) is 14.5 Å². The number of aromatic nitrogens is 2. The minimum atomic E-state index is -0.523. The van der Waals surface area contributed by atoms with Crippen LogP contribution < -0.4 is 5.32 Å². The van der Waals surface area contributed by atoms with Gasteiger partial charge in [0.1, 0.15) is 11.4 Å². The average molecular weight is 425 g/mol. The van der Waals surface area contributed by atoms with Crippen molar-refractivity contribution in [2.45, 2.75) is 51.8 Å². The molecule has 6 nitrogen and oxygen atoms in total. The Hall–Kier alpha value is -3.09. The molecule has 1 fully saturated rings. The number of benzene rings is 2. The standard InChI is InChI=1S/C24H29FN4O2/c1-24(2,3)31-23(30)28-14-8-10-18(16-28)26-22-27-20-12-6-7-13-21(20)29(22)15-17-9-4-5-11-19(17)25/h4-7,9,11-13,18H,8,10,14-16H2,1-3H3,(H,26,27). The van der Waals surface area contributed by atoms with Crippen molar-refractivity contribution in [2.24, 2.45) is 0 Å². The van der Waals surface area contributed by atoms with E-state index >= 15 is 0 Å². The molecule has 0 bridgehead atoms. The minimum Gasteiger partial charge on any atom is -0.444 e. The highest BCUT2D eigenvalue weighted by molar-refractivity contribution is 5.79. The minimum absolute atomic E-state index is 0.0393. The Labute approximate surface area is 182 Å². The van der Waals surface area contributed by atoms with E-state index in [9.17, 15) is 9.18 Å². The van der Waals surface area contributed by atoms with Crippen LogP contribution in [0.1, 0.15) is 39.2 Å². The number of fused-ring (bicyclic) bond motifs is 1. The van der Waals surface area contributed by atoms with Gasteiger partial charge < -0.3 is 19.5 Å². The monoisotopic (exact) mass is 424 g/mol. The molecule has 0 aliphatic carbocycles. The molecule has 164 valence electrons. The summed E-state index contributed by atoms with van der Waals surface area (Å²) in [5.74, 6) is 0.445. The van der Waals surface area contributed by atoms with Crippen LogP contribution in [0.3, 0.4) is 0 Å². The van der Waals surface area contributed by atoms with E-state index in [1.54, 1.807) is 17.0 Å². The summed E-state index contributed by atoms with van der Waals surface area (Å²) in [6, 6.07) is 14.7. The fraction of sp³-hybridized carbons (Fsp3) is 0.417. The number of nitrogens with zero attached hydrogens (tertiary/aromatic N) is 3. The molecule has 0 spiro atoms. The van der Waals surface area contributed by atoms with Gasteiger partial charge in [0.2, 0.25) is 5.95 Å². The van der Waals surface area contributed by atoms with Gasteiger partial charge in [-0.05, 0) is 51.8 Å². The molecule has 1 atom stereocenters. The van der Waals surface area contributed by atoms with E-state index in [2.05, 4.69) is 5.32 Å². The first kappa shape index (κ1) is 21.2. The van der Waals surface area contributed by atoms with Crippen LogP contribution in [0.25, 0.3) is 11.0 Å². The van der Waals surface area contributed by atoms with Crippen LogP contribution in [0.15, 0.2) is 48.5 Å². The Kier molecular flexibility index (Phi) is 5.85. The molecule has 1 N–H and O–H groups in total. The first-order valence-corrected chi connectivity index (χ1v) is 10.7. The second-order valence-corrected chi connectivity index (χ2v) is 9.01. The number of halogens is 1. The zero-order valence-electron chi connectivity index (χ0n) is 18.3. The van der Waals surface area contributed by atoms with Crippen LogP contribution in [0.4, 0.5) is 15.1 Å². The fourth-order valence-corrected chi connectivity index (χ4v) is 3.91. The second-order valence-electron chi connectivity index (χ2n) is 9.01. The van der Waals surface area contributed by atoms with E-state index in [0.29, 0.717) is 31.1 Å². The van der Waals surface area contributed by atoms with Gasteiger partial charge in [0.15, 0.2) is 0 Å². The SMILES string of the molecule is CC(C)(C)OC(=O)N1CCCC(Nc2nc3ccccc3n2Cc2ccccc2F)C1. The molecular formula is C24H29FN4O2. The summed E-state index contributed by atoms with van der Waals surface area (Å²) >= 11 is 0. The van der Waals surface area contributed by atoms with E-state index in [4.69, 9.17) is 9.72 Å². The molecular weight excluding hydrogens is 395 g/mol. The predicted octanol–water partition coefficient (Wildman–Crippen LogP) is 5.04. The van der Waals surface area contributed by atoms with Gasteiger partial charge in [0.25, 0.3) is 0 Å². The molecule has 1 saturated heterocycles. The Morgan fingerprint density at radius 2 is 1.94 bits per heavy atom. The van der Waals surface area contributed by atoms with Crippen molar-refractivity contribution in [2.75, 3.05) is 18.4 Å². The normalized spacial score (nSPS) is 17.0. The van der Waals surface area contributed by atoms with Gasteiger partial charge in [-0.2, -0.15) is 0 Å². The number of para-hydroxylation sites is 2. The quantitative estimate of drug-likeness (QED) is 0.638. The average Bonchev–Trinajstić information content (AvgIpc) is 3.06. The molecule has 0 radical (unpaired) electrons. The number of carbonyl (C=O) groups excluding carboxylic acids is 1. The second kappa shape index (κ2) is 8.57. The number of piperidine rings is 1. The molecule has 1 aromatic heterocycles. The lowest BCUT2D eigenvalue weighted by Crippen LogP contribution is -2.47. The summed E-state index contributed by atoms with van der Waals surface area (Å²) in [6.07, 6.45) is 1.51. The Balaban J connectivity index is 1.57. The first-order chi connectivity index (χ1) is 14.8. The highest BCUT2D eigenvalue weighted by atomic mass is 19.1.